The molecular weight excluding hydrogens is 707 g/mol. The van der Waals surface area contributed by atoms with Crippen molar-refractivity contribution in [2.45, 2.75) is 0 Å². The maximum Gasteiger partial charge on any atom is 0.164 e. The number of rotatable bonds is 5. The standard InChI is InChI=1S/C53H33N5/c1-4-16-34(17-5-1)51-54-52(35-18-6-2-7-19-35)56-53(55-51)42-28-29-47(40-25-13-12-24-39(40)42)58-48-31-37-21-11-10-20-36(37)30-43(48)45-32-44-41-26-14-15-27-46(41)57(49(44)33-50(45)58)38-22-8-3-9-23-38/h1-33H. The first-order chi connectivity index (χ1) is 28.8. The molecule has 5 heteroatoms. The summed E-state index contributed by atoms with van der Waals surface area (Å²) in [5.41, 5.74) is 9.74. The Morgan fingerprint density at radius 3 is 1.50 bits per heavy atom. The molecule has 58 heavy (non-hydrogen) atoms. The molecule has 3 aromatic heterocycles. The molecule has 0 unspecified atom stereocenters. The van der Waals surface area contributed by atoms with Crippen LogP contribution in [0.5, 0.6) is 0 Å². The van der Waals surface area contributed by atoms with Crippen LogP contribution in [0, 0.1) is 0 Å². The van der Waals surface area contributed by atoms with E-state index in [1.165, 1.54) is 43.4 Å². The van der Waals surface area contributed by atoms with Gasteiger partial charge in [-0.25, -0.2) is 15.0 Å². The van der Waals surface area contributed by atoms with Crippen molar-refractivity contribution in [1.82, 2.24) is 24.1 Å². The van der Waals surface area contributed by atoms with Crippen LogP contribution in [-0.4, -0.2) is 24.1 Å². The van der Waals surface area contributed by atoms with Crippen molar-refractivity contribution in [2.75, 3.05) is 0 Å². The molecule has 0 aliphatic rings. The Labute approximate surface area is 333 Å². The molecule has 0 spiro atoms. The number of nitrogens with zero attached hydrogens (tertiary/aromatic N) is 5. The summed E-state index contributed by atoms with van der Waals surface area (Å²) in [5, 5.41) is 9.51. The SMILES string of the molecule is c1ccc(-c2nc(-c3ccccc3)nc(-c3ccc(-n4c5cc6ccccc6cc5c5cc6c7ccccc7n(-c7ccccc7)c6cc54)c4ccccc34)n2)cc1. The van der Waals surface area contributed by atoms with Gasteiger partial charge in [0.05, 0.1) is 27.8 Å². The van der Waals surface area contributed by atoms with E-state index in [2.05, 4.69) is 173 Å². The highest BCUT2D eigenvalue weighted by molar-refractivity contribution is 6.21. The smallest absolute Gasteiger partial charge is 0.164 e. The van der Waals surface area contributed by atoms with Crippen LogP contribution in [0.2, 0.25) is 0 Å². The van der Waals surface area contributed by atoms with Gasteiger partial charge < -0.3 is 9.13 Å². The van der Waals surface area contributed by atoms with E-state index in [4.69, 9.17) is 15.0 Å². The molecule has 0 amide bonds. The molecule has 0 N–H and O–H groups in total. The average Bonchev–Trinajstić information content (AvgIpc) is 3.78. The van der Waals surface area contributed by atoms with E-state index in [-0.39, 0.29) is 0 Å². The maximum atomic E-state index is 5.14. The van der Waals surface area contributed by atoms with Gasteiger partial charge in [0.1, 0.15) is 0 Å². The summed E-state index contributed by atoms with van der Waals surface area (Å²) in [6.45, 7) is 0. The van der Waals surface area contributed by atoms with Gasteiger partial charge in [-0.3, -0.25) is 0 Å². The largest absolute Gasteiger partial charge is 0.309 e. The highest BCUT2D eigenvalue weighted by atomic mass is 15.0. The van der Waals surface area contributed by atoms with Crippen molar-refractivity contribution >= 4 is 65.2 Å². The lowest BCUT2D eigenvalue weighted by Gasteiger charge is -2.15. The van der Waals surface area contributed by atoms with E-state index < -0.39 is 0 Å². The van der Waals surface area contributed by atoms with Gasteiger partial charge >= 0.3 is 0 Å². The Bertz CT molecular complexity index is 3490. The molecule has 0 atom stereocenters. The molecule has 0 aliphatic carbocycles. The van der Waals surface area contributed by atoms with Gasteiger partial charge in [0.2, 0.25) is 0 Å². The lowest BCUT2D eigenvalue weighted by Crippen LogP contribution is -2.02. The van der Waals surface area contributed by atoms with Crippen molar-refractivity contribution in [3.63, 3.8) is 0 Å². The van der Waals surface area contributed by atoms with Crippen molar-refractivity contribution in [3.8, 4) is 45.5 Å². The molecule has 12 rings (SSSR count). The fraction of sp³-hybridized carbons (Fsp3) is 0. The van der Waals surface area contributed by atoms with Crippen molar-refractivity contribution in [2.24, 2.45) is 0 Å². The second kappa shape index (κ2) is 12.8. The number of fused-ring (bicyclic) bond motifs is 8. The molecule has 3 heterocycles. The van der Waals surface area contributed by atoms with Gasteiger partial charge in [-0.1, -0.05) is 146 Å². The summed E-state index contributed by atoms with van der Waals surface area (Å²) in [6, 6.07) is 71.0. The average molecular weight is 740 g/mol. The van der Waals surface area contributed by atoms with Gasteiger partial charge in [-0.2, -0.15) is 0 Å². The van der Waals surface area contributed by atoms with Crippen LogP contribution in [0.4, 0.5) is 0 Å². The van der Waals surface area contributed by atoms with E-state index in [0.29, 0.717) is 17.5 Å². The summed E-state index contributed by atoms with van der Waals surface area (Å²) >= 11 is 0. The fourth-order valence-corrected chi connectivity index (χ4v) is 8.88. The lowest BCUT2D eigenvalue weighted by molar-refractivity contribution is 1.08. The highest BCUT2D eigenvalue weighted by Crippen LogP contribution is 2.43. The Hall–Kier alpha value is -7.89. The minimum absolute atomic E-state index is 0.637. The molecule has 5 nitrogen and oxygen atoms in total. The zero-order valence-electron chi connectivity index (χ0n) is 31.3. The van der Waals surface area contributed by atoms with E-state index in [0.717, 1.165) is 49.9 Å². The van der Waals surface area contributed by atoms with E-state index in [1.54, 1.807) is 0 Å². The highest BCUT2D eigenvalue weighted by Gasteiger charge is 2.22. The molecule has 0 saturated heterocycles. The molecule has 0 aliphatic heterocycles. The number of aromatic nitrogens is 5. The summed E-state index contributed by atoms with van der Waals surface area (Å²) in [5.74, 6) is 1.92. The quantitative estimate of drug-likeness (QED) is 0.177. The third-order valence-corrected chi connectivity index (χ3v) is 11.5. The number of hydrogen-bond donors (Lipinski definition) is 0. The maximum absolute atomic E-state index is 5.14. The molecule has 0 radical (unpaired) electrons. The first-order valence-corrected chi connectivity index (χ1v) is 19.6. The van der Waals surface area contributed by atoms with Crippen LogP contribution in [-0.2, 0) is 0 Å². The Kier molecular flexibility index (Phi) is 7.16. The predicted octanol–water partition coefficient (Wildman–Crippen LogP) is 13.4. The topological polar surface area (TPSA) is 48.5 Å². The molecule has 12 aromatic rings. The number of hydrogen-bond acceptors (Lipinski definition) is 3. The van der Waals surface area contributed by atoms with E-state index >= 15 is 0 Å². The monoisotopic (exact) mass is 739 g/mol. The van der Waals surface area contributed by atoms with Crippen LogP contribution in [0.1, 0.15) is 0 Å². The molecule has 0 saturated carbocycles. The van der Waals surface area contributed by atoms with Crippen LogP contribution in [0.3, 0.4) is 0 Å². The zero-order chi connectivity index (χ0) is 38.2. The molecule has 0 bridgehead atoms. The second-order valence-electron chi connectivity index (χ2n) is 14.8. The van der Waals surface area contributed by atoms with E-state index in [9.17, 15) is 0 Å². The fourth-order valence-electron chi connectivity index (χ4n) is 8.88. The van der Waals surface area contributed by atoms with Gasteiger partial charge in [-0.15, -0.1) is 0 Å². The third kappa shape index (κ3) is 5.00. The second-order valence-corrected chi connectivity index (χ2v) is 14.8. The first-order valence-electron chi connectivity index (χ1n) is 19.6. The number of para-hydroxylation sites is 2. The summed E-state index contributed by atoms with van der Waals surface area (Å²) in [7, 11) is 0. The summed E-state index contributed by atoms with van der Waals surface area (Å²) in [6.07, 6.45) is 0. The normalized spacial score (nSPS) is 11.8. The first kappa shape index (κ1) is 32.4. The third-order valence-electron chi connectivity index (χ3n) is 11.5. The molecule has 0 fully saturated rings. The zero-order valence-corrected chi connectivity index (χ0v) is 31.3. The number of benzene rings is 9. The Morgan fingerprint density at radius 1 is 0.293 bits per heavy atom. The van der Waals surface area contributed by atoms with E-state index in [1.807, 2.05) is 36.4 Å². The van der Waals surface area contributed by atoms with Gasteiger partial charge in [0.15, 0.2) is 17.5 Å². The molecule has 270 valence electrons. The molecular formula is C53H33N5. The van der Waals surface area contributed by atoms with Crippen molar-refractivity contribution in [3.05, 3.63) is 200 Å². The summed E-state index contributed by atoms with van der Waals surface area (Å²) < 4.78 is 4.87. The van der Waals surface area contributed by atoms with Gasteiger partial charge in [0.25, 0.3) is 0 Å². The van der Waals surface area contributed by atoms with Crippen molar-refractivity contribution in [1.29, 1.82) is 0 Å². The Morgan fingerprint density at radius 2 is 0.793 bits per heavy atom. The minimum atomic E-state index is 0.637. The van der Waals surface area contributed by atoms with Crippen LogP contribution >= 0.6 is 0 Å². The van der Waals surface area contributed by atoms with Crippen LogP contribution in [0.25, 0.3) is 111 Å². The van der Waals surface area contributed by atoms with Crippen LogP contribution < -0.4 is 0 Å². The molecule has 9 aromatic carbocycles. The van der Waals surface area contributed by atoms with Crippen LogP contribution in [0.15, 0.2) is 200 Å². The Balaban J connectivity index is 1.16. The minimum Gasteiger partial charge on any atom is -0.309 e. The van der Waals surface area contributed by atoms with Gasteiger partial charge in [-0.05, 0) is 70.8 Å². The summed E-state index contributed by atoms with van der Waals surface area (Å²) in [4.78, 5) is 15.2. The van der Waals surface area contributed by atoms with Gasteiger partial charge in [0, 0.05) is 49.3 Å². The predicted molar refractivity (Wildman–Crippen MR) is 240 cm³/mol. The van der Waals surface area contributed by atoms with Crippen molar-refractivity contribution < 1.29 is 0 Å². The lowest BCUT2D eigenvalue weighted by atomic mass is 10.0.